The highest BCUT2D eigenvalue weighted by molar-refractivity contribution is 7.91. The SMILES string of the molecule is O=C(O)CCn1ccc(C(=O)N2CCN(S(=O)(=O)c3cccs3)CC2)n1. The number of thiophene rings is 1. The molecule has 3 rings (SSSR count). The maximum absolute atomic E-state index is 12.5. The second-order valence-electron chi connectivity index (χ2n) is 5.74. The van der Waals surface area contributed by atoms with Crippen LogP contribution in [0.1, 0.15) is 16.9 Å². The molecule has 9 nitrogen and oxygen atoms in total. The van der Waals surface area contributed by atoms with Crippen LogP contribution in [0.2, 0.25) is 0 Å². The van der Waals surface area contributed by atoms with E-state index in [9.17, 15) is 18.0 Å². The predicted octanol–water partition coefficient (Wildman–Crippen LogP) is 0.566. The molecule has 140 valence electrons. The molecule has 1 aliphatic heterocycles. The molecule has 2 aromatic rings. The van der Waals surface area contributed by atoms with Crippen molar-refractivity contribution in [2.75, 3.05) is 26.2 Å². The topological polar surface area (TPSA) is 113 Å². The fourth-order valence-corrected chi connectivity index (χ4v) is 5.21. The zero-order valence-electron chi connectivity index (χ0n) is 13.8. The molecule has 0 saturated carbocycles. The second kappa shape index (κ2) is 7.56. The smallest absolute Gasteiger partial charge is 0.305 e. The zero-order valence-corrected chi connectivity index (χ0v) is 15.4. The van der Waals surface area contributed by atoms with Gasteiger partial charge in [0.25, 0.3) is 15.9 Å². The molecular weight excluding hydrogens is 380 g/mol. The maximum atomic E-state index is 12.5. The van der Waals surface area contributed by atoms with Crippen molar-refractivity contribution in [2.24, 2.45) is 0 Å². The summed E-state index contributed by atoms with van der Waals surface area (Å²) >= 11 is 1.17. The summed E-state index contributed by atoms with van der Waals surface area (Å²) in [6, 6.07) is 4.80. The average Bonchev–Trinajstić information content (AvgIpc) is 3.31. The van der Waals surface area contributed by atoms with Gasteiger partial charge in [-0.1, -0.05) is 6.07 Å². The minimum Gasteiger partial charge on any atom is -0.481 e. The van der Waals surface area contributed by atoms with E-state index in [1.54, 1.807) is 34.7 Å². The highest BCUT2D eigenvalue weighted by Gasteiger charge is 2.31. The Morgan fingerprint density at radius 1 is 1.19 bits per heavy atom. The standard InChI is InChI=1S/C15H18N4O5S2/c20-13(21)4-6-18-5-3-12(16-18)15(22)17-7-9-19(10-8-17)26(23,24)14-2-1-11-25-14/h1-3,5,11H,4,6-10H2,(H,20,21). The van der Waals surface area contributed by atoms with Crippen LogP contribution in [-0.4, -0.2) is 70.6 Å². The van der Waals surface area contributed by atoms with E-state index in [-0.39, 0.29) is 50.7 Å². The Kier molecular flexibility index (Phi) is 5.39. The molecule has 0 unspecified atom stereocenters. The van der Waals surface area contributed by atoms with Gasteiger partial charge in [0.05, 0.1) is 13.0 Å². The summed E-state index contributed by atoms with van der Waals surface area (Å²) in [5.41, 5.74) is 0.227. The van der Waals surface area contributed by atoms with Crippen LogP contribution < -0.4 is 0 Å². The summed E-state index contributed by atoms with van der Waals surface area (Å²) in [5, 5.41) is 14.5. The number of piperazine rings is 1. The molecule has 1 N–H and O–H groups in total. The Hall–Kier alpha value is -2.24. The van der Waals surface area contributed by atoms with Crippen molar-refractivity contribution in [1.82, 2.24) is 19.0 Å². The first-order chi connectivity index (χ1) is 12.4. The van der Waals surface area contributed by atoms with Crippen molar-refractivity contribution in [3.8, 4) is 0 Å². The molecule has 0 atom stereocenters. The number of rotatable bonds is 6. The largest absolute Gasteiger partial charge is 0.481 e. The lowest BCUT2D eigenvalue weighted by Gasteiger charge is -2.33. The van der Waals surface area contributed by atoms with Gasteiger partial charge < -0.3 is 10.0 Å². The van der Waals surface area contributed by atoms with Crippen molar-refractivity contribution in [3.63, 3.8) is 0 Å². The van der Waals surface area contributed by atoms with Crippen LogP contribution in [0.25, 0.3) is 0 Å². The molecule has 1 aliphatic rings. The summed E-state index contributed by atoms with van der Waals surface area (Å²) in [7, 11) is -3.51. The van der Waals surface area contributed by atoms with Gasteiger partial charge in [-0.15, -0.1) is 11.3 Å². The number of nitrogens with zero attached hydrogens (tertiary/aromatic N) is 4. The molecule has 0 spiro atoms. The molecule has 0 radical (unpaired) electrons. The number of carboxylic acid groups (broad SMARTS) is 1. The Morgan fingerprint density at radius 3 is 2.54 bits per heavy atom. The first-order valence-corrected chi connectivity index (χ1v) is 10.3. The third kappa shape index (κ3) is 3.94. The molecule has 0 bridgehead atoms. The molecule has 11 heteroatoms. The molecule has 1 fully saturated rings. The van der Waals surface area contributed by atoms with Gasteiger partial charge in [-0.3, -0.25) is 14.3 Å². The van der Waals surface area contributed by atoms with E-state index in [1.165, 1.54) is 20.3 Å². The summed E-state index contributed by atoms with van der Waals surface area (Å²) in [4.78, 5) is 24.7. The summed E-state index contributed by atoms with van der Waals surface area (Å²) in [6.45, 7) is 1.21. The molecule has 3 heterocycles. The summed E-state index contributed by atoms with van der Waals surface area (Å²) in [5.74, 6) is -1.22. The molecular formula is C15H18N4O5S2. The van der Waals surface area contributed by atoms with Gasteiger partial charge in [0, 0.05) is 32.4 Å². The number of aliphatic carboxylic acids is 1. The molecule has 0 aliphatic carbocycles. The third-order valence-electron chi connectivity index (χ3n) is 4.03. The fourth-order valence-electron chi connectivity index (χ4n) is 2.64. The molecule has 1 amide bonds. The van der Waals surface area contributed by atoms with Crippen LogP contribution in [0, 0.1) is 0 Å². The normalized spacial score (nSPS) is 15.9. The van der Waals surface area contributed by atoms with Gasteiger partial charge in [0.15, 0.2) is 0 Å². The van der Waals surface area contributed by atoms with Crippen LogP contribution >= 0.6 is 11.3 Å². The Morgan fingerprint density at radius 2 is 1.92 bits per heavy atom. The Labute approximate surface area is 154 Å². The van der Waals surface area contributed by atoms with Crippen molar-refractivity contribution in [2.45, 2.75) is 17.2 Å². The number of amides is 1. The van der Waals surface area contributed by atoms with Crippen LogP contribution in [-0.2, 0) is 21.4 Å². The molecule has 2 aromatic heterocycles. The van der Waals surface area contributed by atoms with E-state index in [1.807, 2.05) is 0 Å². The van der Waals surface area contributed by atoms with Crippen molar-refractivity contribution < 1.29 is 23.1 Å². The number of sulfonamides is 1. The minimum absolute atomic E-state index is 0.0748. The van der Waals surface area contributed by atoms with Gasteiger partial charge in [0.1, 0.15) is 9.90 Å². The predicted molar refractivity (Wildman–Crippen MR) is 93.5 cm³/mol. The van der Waals surface area contributed by atoms with E-state index in [0.29, 0.717) is 4.21 Å². The van der Waals surface area contributed by atoms with Crippen LogP contribution in [0.4, 0.5) is 0 Å². The summed E-state index contributed by atoms with van der Waals surface area (Å²) < 4.78 is 28.1. The quantitative estimate of drug-likeness (QED) is 0.761. The number of hydrogen-bond acceptors (Lipinski definition) is 6. The molecule has 26 heavy (non-hydrogen) atoms. The van der Waals surface area contributed by atoms with Gasteiger partial charge >= 0.3 is 5.97 Å². The minimum atomic E-state index is -3.51. The number of carboxylic acids is 1. The second-order valence-corrected chi connectivity index (χ2v) is 8.85. The first-order valence-electron chi connectivity index (χ1n) is 7.96. The number of aryl methyl sites for hydroxylation is 1. The van der Waals surface area contributed by atoms with Crippen LogP contribution in [0.5, 0.6) is 0 Å². The fraction of sp³-hybridized carbons (Fsp3) is 0.400. The summed E-state index contributed by atoms with van der Waals surface area (Å²) in [6.07, 6.45) is 1.49. The number of carbonyl (C=O) groups excluding carboxylic acids is 1. The van der Waals surface area contributed by atoms with Crippen LogP contribution in [0.3, 0.4) is 0 Å². The number of aromatic nitrogens is 2. The monoisotopic (exact) mass is 398 g/mol. The van der Waals surface area contributed by atoms with Gasteiger partial charge in [0.2, 0.25) is 0 Å². The van der Waals surface area contributed by atoms with Crippen molar-refractivity contribution in [3.05, 3.63) is 35.5 Å². The lowest BCUT2D eigenvalue weighted by atomic mass is 10.3. The van der Waals surface area contributed by atoms with Gasteiger partial charge in [-0.25, -0.2) is 8.42 Å². The number of carbonyl (C=O) groups is 2. The number of hydrogen-bond donors (Lipinski definition) is 1. The van der Waals surface area contributed by atoms with Crippen LogP contribution in [0.15, 0.2) is 34.0 Å². The Balaban J connectivity index is 1.59. The van der Waals surface area contributed by atoms with Crippen molar-refractivity contribution in [1.29, 1.82) is 0 Å². The Bertz CT molecular complexity index is 883. The molecule has 0 aromatic carbocycles. The van der Waals surface area contributed by atoms with E-state index in [0.717, 1.165) is 0 Å². The van der Waals surface area contributed by atoms with E-state index in [2.05, 4.69) is 5.10 Å². The van der Waals surface area contributed by atoms with E-state index < -0.39 is 16.0 Å². The van der Waals surface area contributed by atoms with Crippen molar-refractivity contribution >= 4 is 33.2 Å². The first kappa shape index (κ1) is 18.5. The van der Waals surface area contributed by atoms with Gasteiger partial charge in [-0.05, 0) is 17.5 Å². The third-order valence-corrected chi connectivity index (χ3v) is 7.30. The van der Waals surface area contributed by atoms with E-state index in [4.69, 9.17) is 5.11 Å². The average molecular weight is 398 g/mol. The highest BCUT2D eigenvalue weighted by atomic mass is 32.2. The van der Waals surface area contributed by atoms with Gasteiger partial charge in [-0.2, -0.15) is 9.40 Å². The zero-order chi connectivity index (χ0) is 18.7. The maximum Gasteiger partial charge on any atom is 0.305 e. The van der Waals surface area contributed by atoms with E-state index >= 15 is 0 Å². The molecule has 1 saturated heterocycles. The lowest BCUT2D eigenvalue weighted by Crippen LogP contribution is -2.50. The lowest BCUT2D eigenvalue weighted by molar-refractivity contribution is -0.137. The highest BCUT2D eigenvalue weighted by Crippen LogP contribution is 2.22.